The Hall–Kier alpha value is -1.29. The van der Waals surface area contributed by atoms with Crippen LogP contribution in [0.2, 0.25) is 0 Å². The smallest absolute Gasteiger partial charge is 0.146 e. The van der Waals surface area contributed by atoms with Crippen LogP contribution in [0.4, 0.5) is 10.1 Å². The van der Waals surface area contributed by atoms with Gasteiger partial charge >= 0.3 is 0 Å². The fourth-order valence-electron chi connectivity index (χ4n) is 1.25. The van der Waals surface area contributed by atoms with Crippen LogP contribution in [0.25, 0.3) is 0 Å². The van der Waals surface area contributed by atoms with Gasteiger partial charge in [-0.15, -0.1) is 0 Å². The number of nitrogens with one attached hydrogen (secondary N) is 1. The van der Waals surface area contributed by atoms with E-state index in [2.05, 4.69) is 5.32 Å². The van der Waals surface area contributed by atoms with Crippen LogP contribution in [0.5, 0.6) is 5.75 Å². The minimum Gasteiger partial charge on any atom is -0.497 e. The van der Waals surface area contributed by atoms with Crippen LogP contribution < -0.4 is 10.1 Å². The molecular weight excluding hydrogens is 221 g/mol. The van der Waals surface area contributed by atoms with Crippen molar-refractivity contribution in [2.45, 2.75) is 26.4 Å². The van der Waals surface area contributed by atoms with Gasteiger partial charge in [0.15, 0.2) is 0 Å². The van der Waals surface area contributed by atoms with Crippen molar-refractivity contribution in [3.8, 4) is 5.75 Å². The highest BCUT2D eigenvalue weighted by atomic mass is 19.1. The fraction of sp³-hybridized carbons (Fsp3) is 0.538. The zero-order valence-electron chi connectivity index (χ0n) is 10.7. The lowest BCUT2D eigenvalue weighted by Gasteiger charge is -2.28. The molecule has 0 saturated carbocycles. The van der Waals surface area contributed by atoms with Gasteiger partial charge < -0.3 is 15.2 Å². The normalized spacial score (nSPS) is 14.5. The van der Waals surface area contributed by atoms with Crippen molar-refractivity contribution in [1.29, 1.82) is 0 Å². The summed E-state index contributed by atoms with van der Waals surface area (Å²) in [6.45, 7) is 5.85. The van der Waals surface area contributed by atoms with Gasteiger partial charge in [0.25, 0.3) is 0 Å². The maximum atomic E-state index is 13.5. The summed E-state index contributed by atoms with van der Waals surface area (Å²) in [6.07, 6.45) is 0. The van der Waals surface area contributed by atoms with E-state index in [0.717, 1.165) is 0 Å². The number of aliphatic hydroxyl groups is 1. The van der Waals surface area contributed by atoms with Crippen LogP contribution in [0.15, 0.2) is 18.2 Å². The third-order valence-corrected chi connectivity index (χ3v) is 3.05. The van der Waals surface area contributed by atoms with E-state index in [1.54, 1.807) is 19.1 Å². The first-order valence-corrected chi connectivity index (χ1v) is 5.66. The minimum absolute atomic E-state index is 0.0867. The van der Waals surface area contributed by atoms with Gasteiger partial charge in [0, 0.05) is 12.6 Å². The standard InChI is InChI=1S/C13H20FNO2/c1-9(2)13(3,16)8-15-12-7-10(17-4)5-6-11(12)14/h5-7,9,15-16H,8H2,1-4H3. The van der Waals surface area contributed by atoms with E-state index in [-0.39, 0.29) is 18.3 Å². The van der Waals surface area contributed by atoms with E-state index < -0.39 is 5.60 Å². The van der Waals surface area contributed by atoms with Gasteiger partial charge in [-0.25, -0.2) is 4.39 Å². The molecule has 3 nitrogen and oxygen atoms in total. The molecule has 0 heterocycles. The molecule has 0 aliphatic heterocycles. The highest BCUT2D eigenvalue weighted by Gasteiger charge is 2.24. The Morgan fingerprint density at radius 1 is 1.47 bits per heavy atom. The van der Waals surface area contributed by atoms with Gasteiger partial charge in [-0.2, -0.15) is 0 Å². The van der Waals surface area contributed by atoms with Crippen LogP contribution in [0.3, 0.4) is 0 Å². The Bertz CT molecular complexity index is 378. The number of methoxy groups -OCH3 is 1. The average Bonchev–Trinajstić information content (AvgIpc) is 2.28. The molecule has 0 radical (unpaired) electrons. The molecule has 0 aliphatic carbocycles. The van der Waals surface area contributed by atoms with E-state index in [9.17, 15) is 9.50 Å². The molecule has 4 heteroatoms. The number of anilines is 1. The number of benzene rings is 1. The molecule has 1 aromatic rings. The number of hydrogen-bond acceptors (Lipinski definition) is 3. The second-order valence-corrected chi connectivity index (χ2v) is 4.71. The summed E-state index contributed by atoms with van der Waals surface area (Å²) in [5.41, 5.74) is -0.541. The Morgan fingerprint density at radius 2 is 2.12 bits per heavy atom. The van der Waals surface area contributed by atoms with Crippen LogP contribution >= 0.6 is 0 Å². The summed E-state index contributed by atoms with van der Waals surface area (Å²) in [7, 11) is 1.53. The molecule has 0 spiro atoms. The molecule has 0 saturated heterocycles. The van der Waals surface area contributed by atoms with Crippen LogP contribution in [0.1, 0.15) is 20.8 Å². The van der Waals surface area contributed by atoms with Gasteiger partial charge in [-0.3, -0.25) is 0 Å². The SMILES string of the molecule is COc1ccc(F)c(NCC(C)(O)C(C)C)c1. The summed E-state index contributed by atoms with van der Waals surface area (Å²) in [5.74, 6) is 0.312. The van der Waals surface area contributed by atoms with E-state index in [0.29, 0.717) is 11.4 Å². The molecule has 1 atom stereocenters. The first-order chi connectivity index (χ1) is 7.86. The average molecular weight is 241 g/mol. The maximum Gasteiger partial charge on any atom is 0.146 e. The molecular formula is C13H20FNO2. The lowest BCUT2D eigenvalue weighted by atomic mass is 9.92. The topological polar surface area (TPSA) is 41.5 Å². The largest absolute Gasteiger partial charge is 0.497 e. The summed E-state index contributed by atoms with van der Waals surface area (Å²) in [6, 6.07) is 4.47. The molecule has 1 unspecified atom stereocenters. The first-order valence-electron chi connectivity index (χ1n) is 5.66. The van der Waals surface area contributed by atoms with Gasteiger partial charge in [0.2, 0.25) is 0 Å². The lowest BCUT2D eigenvalue weighted by molar-refractivity contribution is 0.0266. The summed E-state index contributed by atoms with van der Waals surface area (Å²) in [5, 5.41) is 13.0. The van der Waals surface area contributed by atoms with Gasteiger partial charge in [0.05, 0.1) is 18.4 Å². The Labute approximate surface area is 102 Å². The molecule has 17 heavy (non-hydrogen) atoms. The number of ether oxygens (including phenoxy) is 1. The van der Waals surface area contributed by atoms with Crippen molar-refractivity contribution in [3.63, 3.8) is 0 Å². The van der Waals surface area contributed by atoms with Crippen molar-refractivity contribution < 1.29 is 14.2 Å². The second kappa shape index (κ2) is 5.36. The van der Waals surface area contributed by atoms with E-state index in [1.165, 1.54) is 13.2 Å². The lowest BCUT2D eigenvalue weighted by Crippen LogP contribution is -2.38. The molecule has 0 bridgehead atoms. The molecule has 2 N–H and O–H groups in total. The van der Waals surface area contributed by atoms with Crippen LogP contribution in [-0.2, 0) is 0 Å². The van der Waals surface area contributed by atoms with Crippen molar-refractivity contribution >= 4 is 5.69 Å². The Morgan fingerprint density at radius 3 is 2.65 bits per heavy atom. The molecule has 1 aromatic carbocycles. The molecule has 0 aliphatic rings. The van der Waals surface area contributed by atoms with Crippen LogP contribution in [0, 0.1) is 11.7 Å². The Balaban J connectivity index is 2.75. The molecule has 0 fully saturated rings. The summed E-state index contributed by atoms with van der Waals surface area (Å²) in [4.78, 5) is 0. The highest BCUT2D eigenvalue weighted by molar-refractivity contribution is 5.49. The second-order valence-electron chi connectivity index (χ2n) is 4.71. The summed E-state index contributed by atoms with van der Waals surface area (Å²) >= 11 is 0. The number of rotatable bonds is 5. The van der Waals surface area contributed by atoms with E-state index in [1.807, 2.05) is 13.8 Å². The molecule has 96 valence electrons. The quantitative estimate of drug-likeness (QED) is 0.832. The number of halogens is 1. The zero-order valence-corrected chi connectivity index (χ0v) is 10.7. The monoisotopic (exact) mass is 241 g/mol. The zero-order chi connectivity index (χ0) is 13.1. The van der Waals surface area contributed by atoms with Crippen molar-refractivity contribution in [2.24, 2.45) is 5.92 Å². The Kier molecular flexibility index (Phi) is 4.34. The molecule has 1 rings (SSSR count). The predicted molar refractivity (Wildman–Crippen MR) is 66.9 cm³/mol. The van der Waals surface area contributed by atoms with Crippen molar-refractivity contribution in [3.05, 3.63) is 24.0 Å². The summed E-state index contributed by atoms with van der Waals surface area (Å²) < 4.78 is 18.5. The van der Waals surface area contributed by atoms with Gasteiger partial charge in [0.1, 0.15) is 11.6 Å². The fourth-order valence-corrected chi connectivity index (χ4v) is 1.25. The predicted octanol–water partition coefficient (Wildman–Crippen LogP) is 2.65. The van der Waals surface area contributed by atoms with E-state index in [4.69, 9.17) is 4.74 Å². The first kappa shape index (κ1) is 13.8. The van der Waals surface area contributed by atoms with Crippen molar-refractivity contribution in [2.75, 3.05) is 19.0 Å². The van der Waals surface area contributed by atoms with E-state index >= 15 is 0 Å². The van der Waals surface area contributed by atoms with Gasteiger partial charge in [-0.05, 0) is 25.0 Å². The number of hydrogen-bond donors (Lipinski definition) is 2. The maximum absolute atomic E-state index is 13.5. The molecule has 0 amide bonds. The third-order valence-electron chi connectivity index (χ3n) is 3.05. The third kappa shape index (κ3) is 3.60. The van der Waals surface area contributed by atoms with Gasteiger partial charge in [-0.1, -0.05) is 13.8 Å². The highest BCUT2D eigenvalue weighted by Crippen LogP contribution is 2.23. The molecule has 0 aromatic heterocycles. The van der Waals surface area contributed by atoms with Crippen molar-refractivity contribution in [1.82, 2.24) is 0 Å². The minimum atomic E-state index is -0.879. The van der Waals surface area contributed by atoms with Crippen LogP contribution in [-0.4, -0.2) is 24.4 Å².